The van der Waals surface area contributed by atoms with E-state index in [9.17, 15) is 0 Å². The lowest BCUT2D eigenvalue weighted by Gasteiger charge is -2.45. The number of hydrazine groups is 1. The molecule has 1 heterocycles. The standard InChI is InChI=1S/C14H27N5/c1-5-14(6-2,19(3)4)13(18-16)9-11-10-17-8-7-12(11)15/h7-8,10,13,18H,5-6,9,16H2,1-4H3,(H2,15,17). The summed E-state index contributed by atoms with van der Waals surface area (Å²) >= 11 is 0. The summed E-state index contributed by atoms with van der Waals surface area (Å²) in [5.74, 6) is 5.81. The molecular formula is C14H27N5. The Balaban J connectivity index is 3.02. The Morgan fingerprint density at radius 2 is 2.00 bits per heavy atom. The molecule has 5 heteroatoms. The van der Waals surface area contributed by atoms with Crippen molar-refractivity contribution < 1.29 is 0 Å². The molecule has 0 aliphatic heterocycles. The van der Waals surface area contributed by atoms with Gasteiger partial charge < -0.3 is 10.6 Å². The molecule has 1 atom stereocenters. The summed E-state index contributed by atoms with van der Waals surface area (Å²) in [4.78, 5) is 6.40. The highest BCUT2D eigenvalue weighted by atomic mass is 15.3. The molecule has 1 aromatic rings. The van der Waals surface area contributed by atoms with E-state index < -0.39 is 0 Å². The number of likely N-dealkylation sites (N-methyl/N-ethyl adjacent to an activating group) is 1. The molecule has 108 valence electrons. The van der Waals surface area contributed by atoms with Crippen molar-refractivity contribution in [2.75, 3.05) is 19.8 Å². The van der Waals surface area contributed by atoms with Crippen LogP contribution in [-0.4, -0.2) is 35.6 Å². The molecule has 1 unspecified atom stereocenters. The van der Waals surface area contributed by atoms with Crippen molar-refractivity contribution in [3.63, 3.8) is 0 Å². The largest absolute Gasteiger partial charge is 0.398 e. The first-order valence-electron chi connectivity index (χ1n) is 6.83. The average Bonchev–Trinajstić information content (AvgIpc) is 2.41. The van der Waals surface area contributed by atoms with E-state index >= 15 is 0 Å². The molecule has 0 amide bonds. The highest BCUT2D eigenvalue weighted by Crippen LogP contribution is 2.28. The van der Waals surface area contributed by atoms with Crippen LogP contribution in [0.5, 0.6) is 0 Å². The van der Waals surface area contributed by atoms with Crippen LogP contribution in [-0.2, 0) is 6.42 Å². The fraction of sp³-hybridized carbons (Fsp3) is 0.643. The molecular weight excluding hydrogens is 238 g/mol. The predicted octanol–water partition coefficient (Wildman–Crippen LogP) is 1.16. The quantitative estimate of drug-likeness (QED) is 0.509. The first-order valence-corrected chi connectivity index (χ1v) is 6.83. The third-order valence-electron chi connectivity index (χ3n) is 4.33. The second kappa shape index (κ2) is 6.84. The van der Waals surface area contributed by atoms with E-state index in [0.717, 1.165) is 30.5 Å². The zero-order valence-electron chi connectivity index (χ0n) is 12.5. The second-order valence-electron chi connectivity index (χ2n) is 5.20. The molecule has 0 aliphatic rings. The van der Waals surface area contributed by atoms with Gasteiger partial charge in [0.15, 0.2) is 0 Å². The molecule has 0 fully saturated rings. The fourth-order valence-corrected chi connectivity index (χ4v) is 2.92. The van der Waals surface area contributed by atoms with Gasteiger partial charge in [-0.25, -0.2) is 0 Å². The summed E-state index contributed by atoms with van der Waals surface area (Å²) < 4.78 is 0. The molecule has 0 aliphatic carbocycles. The van der Waals surface area contributed by atoms with E-state index in [1.807, 2.05) is 12.3 Å². The van der Waals surface area contributed by atoms with Crippen molar-refractivity contribution in [3.8, 4) is 0 Å². The summed E-state index contributed by atoms with van der Waals surface area (Å²) in [5.41, 5.74) is 10.8. The Labute approximate surface area is 116 Å². The number of nitrogens with one attached hydrogen (secondary N) is 1. The Morgan fingerprint density at radius 1 is 1.37 bits per heavy atom. The van der Waals surface area contributed by atoms with E-state index in [2.05, 4.69) is 43.3 Å². The number of hydrogen-bond acceptors (Lipinski definition) is 5. The van der Waals surface area contributed by atoms with E-state index in [1.165, 1.54) is 0 Å². The number of rotatable bonds is 7. The Bertz CT molecular complexity index is 387. The van der Waals surface area contributed by atoms with Crippen LogP contribution in [0.1, 0.15) is 32.3 Å². The summed E-state index contributed by atoms with van der Waals surface area (Å²) in [5, 5.41) is 0. The molecule has 0 saturated heterocycles. The zero-order chi connectivity index (χ0) is 14.5. The van der Waals surface area contributed by atoms with Crippen LogP contribution in [0.3, 0.4) is 0 Å². The highest BCUT2D eigenvalue weighted by Gasteiger charge is 2.37. The number of aromatic nitrogens is 1. The van der Waals surface area contributed by atoms with Gasteiger partial charge in [-0.05, 0) is 45.0 Å². The van der Waals surface area contributed by atoms with Crippen molar-refractivity contribution in [1.82, 2.24) is 15.3 Å². The van der Waals surface area contributed by atoms with Crippen LogP contribution in [0, 0.1) is 0 Å². The topological polar surface area (TPSA) is 80.2 Å². The van der Waals surface area contributed by atoms with Gasteiger partial charge in [0.2, 0.25) is 0 Å². The van der Waals surface area contributed by atoms with Gasteiger partial charge in [0.05, 0.1) is 0 Å². The number of hydrogen-bond donors (Lipinski definition) is 3. The number of nitrogen functional groups attached to an aromatic ring is 1. The summed E-state index contributed by atoms with van der Waals surface area (Å²) in [6.07, 6.45) is 6.35. The van der Waals surface area contributed by atoms with E-state index in [0.29, 0.717) is 0 Å². The third kappa shape index (κ3) is 3.23. The Kier molecular flexibility index (Phi) is 5.72. The van der Waals surface area contributed by atoms with Crippen LogP contribution >= 0.6 is 0 Å². The van der Waals surface area contributed by atoms with Crippen LogP contribution in [0.15, 0.2) is 18.5 Å². The fourth-order valence-electron chi connectivity index (χ4n) is 2.92. The van der Waals surface area contributed by atoms with Gasteiger partial charge in [0.25, 0.3) is 0 Å². The van der Waals surface area contributed by atoms with Gasteiger partial charge in [0.1, 0.15) is 0 Å². The summed E-state index contributed by atoms with van der Waals surface area (Å²) in [6.45, 7) is 4.39. The lowest BCUT2D eigenvalue weighted by molar-refractivity contribution is 0.0883. The zero-order valence-corrected chi connectivity index (χ0v) is 12.5. The van der Waals surface area contributed by atoms with Crippen molar-refractivity contribution in [3.05, 3.63) is 24.0 Å². The number of nitrogens with zero attached hydrogens (tertiary/aromatic N) is 2. The smallest absolute Gasteiger partial charge is 0.0435 e. The number of anilines is 1. The summed E-state index contributed by atoms with van der Waals surface area (Å²) in [6, 6.07) is 1.96. The first kappa shape index (κ1) is 15.9. The molecule has 0 bridgehead atoms. The van der Waals surface area contributed by atoms with Gasteiger partial charge in [-0.15, -0.1) is 0 Å². The van der Waals surface area contributed by atoms with E-state index in [4.69, 9.17) is 11.6 Å². The van der Waals surface area contributed by atoms with Crippen LogP contribution in [0.4, 0.5) is 5.69 Å². The predicted molar refractivity (Wildman–Crippen MR) is 80.5 cm³/mol. The average molecular weight is 265 g/mol. The van der Waals surface area contributed by atoms with Gasteiger partial charge in [-0.2, -0.15) is 0 Å². The maximum Gasteiger partial charge on any atom is 0.0435 e. The lowest BCUT2D eigenvalue weighted by atomic mass is 9.80. The Hall–Kier alpha value is -1.17. The number of nitrogens with two attached hydrogens (primary N) is 2. The Morgan fingerprint density at radius 3 is 2.42 bits per heavy atom. The normalized spacial score (nSPS) is 13.8. The maximum atomic E-state index is 6.00. The SMILES string of the molecule is CCC(CC)(C(Cc1cnccc1N)NN)N(C)C. The lowest BCUT2D eigenvalue weighted by Crippen LogP contribution is -2.61. The monoisotopic (exact) mass is 265 g/mol. The highest BCUT2D eigenvalue weighted by molar-refractivity contribution is 5.44. The molecule has 5 nitrogen and oxygen atoms in total. The van der Waals surface area contributed by atoms with Crippen molar-refractivity contribution >= 4 is 5.69 Å². The van der Waals surface area contributed by atoms with Gasteiger partial charge in [-0.3, -0.25) is 16.3 Å². The van der Waals surface area contributed by atoms with Crippen molar-refractivity contribution in [2.24, 2.45) is 5.84 Å². The van der Waals surface area contributed by atoms with Crippen LogP contribution in [0.25, 0.3) is 0 Å². The first-order chi connectivity index (χ1) is 9.01. The molecule has 0 aromatic carbocycles. The van der Waals surface area contributed by atoms with Gasteiger partial charge >= 0.3 is 0 Å². The molecule has 5 N–H and O–H groups in total. The molecule has 19 heavy (non-hydrogen) atoms. The summed E-state index contributed by atoms with van der Waals surface area (Å²) in [7, 11) is 4.20. The molecule has 0 radical (unpaired) electrons. The molecule has 0 spiro atoms. The van der Waals surface area contributed by atoms with E-state index in [-0.39, 0.29) is 11.6 Å². The van der Waals surface area contributed by atoms with Crippen molar-refractivity contribution in [2.45, 2.75) is 44.7 Å². The van der Waals surface area contributed by atoms with Crippen LogP contribution < -0.4 is 17.0 Å². The minimum absolute atomic E-state index is 0.0109. The maximum absolute atomic E-state index is 6.00. The minimum Gasteiger partial charge on any atom is -0.398 e. The second-order valence-corrected chi connectivity index (χ2v) is 5.20. The third-order valence-corrected chi connectivity index (χ3v) is 4.33. The molecule has 1 rings (SSSR count). The minimum atomic E-state index is 0.0109. The number of pyridine rings is 1. The van der Waals surface area contributed by atoms with Gasteiger partial charge in [-0.1, -0.05) is 13.8 Å². The molecule has 1 aromatic heterocycles. The molecule has 0 saturated carbocycles. The van der Waals surface area contributed by atoms with Crippen molar-refractivity contribution in [1.29, 1.82) is 0 Å². The van der Waals surface area contributed by atoms with Gasteiger partial charge in [0, 0.05) is 29.7 Å². The van der Waals surface area contributed by atoms with E-state index in [1.54, 1.807) is 6.20 Å². The van der Waals surface area contributed by atoms with Crippen LogP contribution in [0.2, 0.25) is 0 Å².